The molecule has 0 saturated carbocycles. The van der Waals surface area contributed by atoms with Gasteiger partial charge >= 0.3 is 0 Å². The van der Waals surface area contributed by atoms with E-state index in [1.165, 1.54) is 0 Å². The molecule has 0 aliphatic carbocycles. The maximum Gasteiger partial charge on any atom is 0.213 e. The Hall–Kier alpha value is -0.610. The van der Waals surface area contributed by atoms with E-state index in [1.807, 2.05) is 0 Å². The van der Waals surface area contributed by atoms with Crippen LogP contribution in [0.1, 0.15) is 18.9 Å². The largest absolute Gasteiger partial charge is 0.224 e. The Morgan fingerprint density at radius 2 is 2.38 bits per heavy atom. The third-order valence-corrected chi connectivity index (χ3v) is 2.87. The quantitative estimate of drug-likeness (QED) is 0.771. The van der Waals surface area contributed by atoms with Gasteiger partial charge in [-0.3, -0.25) is 0 Å². The van der Waals surface area contributed by atoms with Gasteiger partial charge in [0.15, 0.2) is 5.15 Å². The number of hydrogen-bond acceptors (Lipinski definition) is 3. The van der Waals surface area contributed by atoms with Crippen LogP contribution >= 0.6 is 22.9 Å². The van der Waals surface area contributed by atoms with Gasteiger partial charge < -0.3 is 0 Å². The Morgan fingerprint density at radius 1 is 1.62 bits per heavy atom. The van der Waals surface area contributed by atoms with Crippen LogP contribution in [0.2, 0.25) is 5.15 Å². The molecule has 0 spiro atoms. The van der Waals surface area contributed by atoms with E-state index in [0.29, 0.717) is 11.1 Å². The first-order valence-electron chi connectivity index (χ1n) is 4.16. The monoisotopic (exact) mass is 215 g/mol. The van der Waals surface area contributed by atoms with Crippen molar-refractivity contribution in [2.24, 2.45) is 5.92 Å². The van der Waals surface area contributed by atoms with Crippen LogP contribution in [0.15, 0.2) is 6.20 Å². The van der Waals surface area contributed by atoms with Gasteiger partial charge in [-0.05, 0) is 5.92 Å². The zero-order valence-corrected chi connectivity index (χ0v) is 9.06. The van der Waals surface area contributed by atoms with E-state index in [4.69, 9.17) is 11.6 Å². The molecule has 2 aromatic heterocycles. The number of halogens is 1. The molecule has 0 aromatic carbocycles. The molecule has 0 fully saturated rings. The Labute approximate surface area is 85.4 Å². The van der Waals surface area contributed by atoms with Crippen LogP contribution in [0.3, 0.4) is 0 Å². The van der Waals surface area contributed by atoms with Crippen LogP contribution in [-0.4, -0.2) is 14.6 Å². The molecule has 13 heavy (non-hydrogen) atoms. The van der Waals surface area contributed by atoms with Crippen LogP contribution in [-0.2, 0) is 6.42 Å². The van der Waals surface area contributed by atoms with E-state index in [2.05, 4.69) is 23.9 Å². The summed E-state index contributed by atoms with van der Waals surface area (Å²) in [5.74, 6) is 0.620. The van der Waals surface area contributed by atoms with Crippen molar-refractivity contribution in [2.75, 3.05) is 0 Å². The van der Waals surface area contributed by atoms with Crippen LogP contribution < -0.4 is 0 Å². The zero-order chi connectivity index (χ0) is 9.42. The molecular formula is C8H10ClN3S. The van der Waals surface area contributed by atoms with Crippen molar-refractivity contribution in [1.29, 1.82) is 0 Å². The number of imidazole rings is 1. The minimum atomic E-state index is 0.584. The highest BCUT2D eigenvalue weighted by molar-refractivity contribution is 7.16. The van der Waals surface area contributed by atoms with Gasteiger partial charge in [0.1, 0.15) is 5.01 Å². The third-order valence-electron chi connectivity index (χ3n) is 1.67. The van der Waals surface area contributed by atoms with Crippen molar-refractivity contribution < 1.29 is 0 Å². The molecule has 0 radical (unpaired) electrons. The summed E-state index contributed by atoms with van der Waals surface area (Å²) in [4.78, 5) is 5.01. The lowest BCUT2D eigenvalue weighted by molar-refractivity contribution is 0.637. The molecule has 0 saturated heterocycles. The fourth-order valence-corrected chi connectivity index (χ4v) is 2.44. The minimum Gasteiger partial charge on any atom is -0.224 e. The lowest BCUT2D eigenvalue weighted by Gasteiger charge is -1.97. The van der Waals surface area contributed by atoms with Crippen molar-refractivity contribution in [2.45, 2.75) is 20.3 Å². The van der Waals surface area contributed by atoms with Crippen molar-refractivity contribution in [1.82, 2.24) is 14.6 Å². The first-order chi connectivity index (χ1) is 6.16. The second kappa shape index (κ2) is 3.27. The second-order valence-corrected chi connectivity index (χ2v) is 4.80. The van der Waals surface area contributed by atoms with Crippen LogP contribution in [0.5, 0.6) is 0 Å². The predicted molar refractivity (Wildman–Crippen MR) is 54.4 cm³/mol. The van der Waals surface area contributed by atoms with Gasteiger partial charge in [-0.1, -0.05) is 36.8 Å². The summed E-state index contributed by atoms with van der Waals surface area (Å²) in [6.45, 7) is 4.34. The zero-order valence-electron chi connectivity index (χ0n) is 7.49. The number of aromatic nitrogens is 3. The topological polar surface area (TPSA) is 30.2 Å². The van der Waals surface area contributed by atoms with Crippen molar-refractivity contribution in [3.63, 3.8) is 0 Å². The second-order valence-electron chi connectivity index (χ2n) is 3.37. The molecule has 0 N–H and O–H groups in total. The summed E-state index contributed by atoms with van der Waals surface area (Å²) in [5.41, 5.74) is 0. The molecule has 2 aromatic rings. The molecule has 0 bridgehead atoms. The summed E-state index contributed by atoms with van der Waals surface area (Å²) < 4.78 is 1.68. The van der Waals surface area contributed by atoms with Gasteiger partial charge in [-0.25, -0.2) is 4.98 Å². The first-order valence-corrected chi connectivity index (χ1v) is 5.35. The average molecular weight is 216 g/mol. The molecule has 2 rings (SSSR count). The van der Waals surface area contributed by atoms with E-state index in [-0.39, 0.29) is 0 Å². The van der Waals surface area contributed by atoms with Gasteiger partial charge in [-0.15, -0.1) is 0 Å². The van der Waals surface area contributed by atoms with Crippen LogP contribution in [0.25, 0.3) is 4.96 Å². The highest BCUT2D eigenvalue weighted by Gasteiger charge is 2.08. The number of nitrogens with zero attached hydrogens (tertiary/aromatic N) is 3. The van der Waals surface area contributed by atoms with E-state index >= 15 is 0 Å². The van der Waals surface area contributed by atoms with Crippen molar-refractivity contribution in [3.05, 3.63) is 16.4 Å². The number of fused-ring (bicyclic) bond motifs is 1. The molecule has 70 valence electrons. The summed E-state index contributed by atoms with van der Waals surface area (Å²) in [6, 6.07) is 0. The predicted octanol–water partition coefficient (Wildman–Crippen LogP) is 2.64. The SMILES string of the molecule is CC(C)Cc1nn2c(Cl)cnc2s1. The summed E-state index contributed by atoms with van der Waals surface area (Å²) in [7, 11) is 0. The van der Waals surface area contributed by atoms with Crippen LogP contribution in [0, 0.1) is 5.92 Å². The molecule has 0 aliphatic heterocycles. The molecule has 0 aliphatic rings. The third kappa shape index (κ3) is 1.69. The van der Waals surface area contributed by atoms with Gasteiger partial charge in [0, 0.05) is 6.42 Å². The Kier molecular flexibility index (Phi) is 2.26. The lowest BCUT2D eigenvalue weighted by atomic mass is 10.1. The normalized spacial score (nSPS) is 11.7. The minimum absolute atomic E-state index is 0.584. The van der Waals surface area contributed by atoms with E-state index < -0.39 is 0 Å². The molecule has 3 nitrogen and oxygen atoms in total. The smallest absolute Gasteiger partial charge is 0.213 e. The maximum atomic E-state index is 5.87. The first kappa shape index (κ1) is 8.97. The fourth-order valence-electron chi connectivity index (χ4n) is 1.14. The lowest BCUT2D eigenvalue weighted by Crippen LogP contribution is -1.94. The van der Waals surface area contributed by atoms with Gasteiger partial charge in [0.05, 0.1) is 6.20 Å². The summed E-state index contributed by atoms with van der Waals surface area (Å²) in [5, 5.41) is 6.03. The average Bonchev–Trinajstić information content (AvgIpc) is 2.53. The highest BCUT2D eigenvalue weighted by atomic mass is 35.5. The van der Waals surface area contributed by atoms with Crippen molar-refractivity contribution in [3.8, 4) is 0 Å². The number of hydrogen-bond donors (Lipinski definition) is 0. The number of rotatable bonds is 2. The molecule has 0 amide bonds. The Bertz CT molecular complexity index is 418. The van der Waals surface area contributed by atoms with E-state index in [9.17, 15) is 0 Å². The molecule has 2 heterocycles. The Morgan fingerprint density at radius 3 is 3.00 bits per heavy atom. The standard InChI is InChI=1S/C8H10ClN3S/c1-5(2)3-7-11-12-6(9)4-10-8(12)13-7/h4-5H,3H2,1-2H3. The Balaban J connectivity index is 2.39. The maximum absolute atomic E-state index is 5.87. The summed E-state index contributed by atoms with van der Waals surface area (Å²) in [6.07, 6.45) is 2.61. The van der Waals surface area contributed by atoms with Crippen LogP contribution in [0.4, 0.5) is 0 Å². The van der Waals surface area contributed by atoms with E-state index in [1.54, 1.807) is 22.0 Å². The van der Waals surface area contributed by atoms with Gasteiger partial charge in [-0.2, -0.15) is 9.61 Å². The highest BCUT2D eigenvalue weighted by Crippen LogP contribution is 2.20. The molecule has 0 unspecified atom stereocenters. The van der Waals surface area contributed by atoms with Gasteiger partial charge in [0.2, 0.25) is 4.96 Å². The summed E-state index contributed by atoms with van der Waals surface area (Å²) >= 11 is 7.47. The molecular weight excluding hydrogens is 206 g/mol. The van der Waals surface area contributed by atoms with Crippen molar-refractivity contribution >= 4 is 27.9 Å². The van der Waals surface area contributed by atoms with Gasteiger partial charge in [0.25, 0.3) is 0 Å². The molecule has 5 heteroatoms. The molecule has 0 atom stereocenters. The fraction of sp³-hybridized carbons (Fsp3) is 0.500. The van der Waals surface area contributed by atoms with E-state index in [0.717, 1.165) is 16.4 Å².